The summed E-state index contributed by atoms with van der Waals surface area (Å²) in [6.07, 6.45) is 0.376. The molecule has 7 heteroatoms. The van der Waals surface area contributed by atoms with Crippen LogP contribution in [-0.2, 0) is 16.0 Å². The highest BCUT2D eigenvalue weighted by Gasteiger charge is 2.40. The van der Waals surface area contributed by atoms with Gasteiger partial charge in [-0.05, 0) is 42.3 Å². The van der Waals surface area contributed by atoms with E-state index < -0.39 is 23.6 Å². The lowest BCUT2D eigenvalue weighted by molar-refractivity contribution is -0.143. The molecule has 0 radical (unpaired) electrons. The van der Waals surface area contributed by atoms with Gasteiger partial charge >= 0.3 is 5.97 Å². The molecule has 0 spiro atoms. The van der Waals surface area contributed by atoms with Crippen molar-refractivity contribution in [2.75, 3.05) is 7.11 Å². The molecule has 2 aromatic rings. The zero-order valence-electron chi connectivity index (χ0n) is 15.7. The molecule has 0 aliphatic carbocycles. The van der Waals surface area contributed by atoms with Gasteiger partial charge in [-0.1, -0.05) is 41.4 Å². The number of aliphatic imine (C=N–C) groups is 1. The van der Waals surface area contributed by atoms with Crippen LogP contribution in [0.25, 0.3) is 0 Å². The monoisotopic (exact) mass is 430 g/mol. The number of esters is 1. The van der Waals surface area contributed by atoms with E-state index in [1.54, 1.807) is 19.1 Å². The number of methoxy groups -OCH3 is 1. The molecule has 0 saturated carbocycles. The maximum absolute atomic E-state index is 13.6. The lowest BCUT2D eigenvalue weighted by Crippen LogP contribution is -2.34. The summed E-state index contributed by atoms with van der Waals surface area (Å²) in [4.78, 5) is 17.1. The third-order valence-corrected chi connectivity index (χ3v) is 5.45. The van der Waals surface area contributed by atoms with Crippen LogP contribution in [0.15, 0.2) is 58.7 Å². The number of carbonyl (C=O) groups is 1. The van der Waals surface area contributed by atoms with Crippen LogP contribution in [0.4, 0.5) is 4.39 Å². The first-order valence-corrected chi connectivity index (χ1v) is 9.56. The second kappa shape index (κ2) is 8.77. The van der Waals surface area contributed by atoms with Gasteiger partial charge in [0.25, 0.3) is 0 Å². The van der Waals surface area contributed by atoms with Crippen molar-refractivity contribution < 1.29 is 13.9 Å². The number of benzene rings is 2. The Labute approximate surface area is 178 Å². The number of nitriles is 1. The van der Waals surface area contributed by atoms with E-state index in [-0.39, 0.29) is 5.02 Å². The van der Waals surface area contributed by atoms with Crippen LogP contribution in [0, 0.1) is 23.1 Å². The Kier molecular flexibility index (Phi) is 6.36. The molecule has 2 aromatic carbocycles. The van der Waals surface area contributed by atoms with Crippen LogP contribution in [0.5, 0.6) is 0 Å². The van der Waals surface area contributed by atoms with E-state index in [4.69, 9.17) is 27.9 Å². The van der Waals surface area contributed by atoms with Crippen molar-refractivity contribution in [3.8, 4) is 6.07 Å². The molecule has 1 aliphatic heterocycles. The van der Waals surface area contributed by atoms with E-state index in [0.717, 1.165) is 5.56 Å². The van der Waals surface area contributed by atoms with E-state index in [1.165, 1.54) is 25.3 Å². The molecule has 29 heavy (non-hydrogen) atoms. The maximum Gasteiger partial charge on any atom is 0.315 e. The molecule has 0 aromatic heterocycles. The number of allylic oxidation sites excluding steroid dienone is 2. The molecule has 0 fully saturated rings. The van der Waals surface area contributed by atoms with Crippen molar-refractivity contribution in [3.05, 3.63) is 80.7 Å². The number of halogens is 3. The number of hydrogen-bond acceptors (Lipinski definition) is 4. The molecule has 3 rings (SSSR count). The summed E-state index contributed by atoms with van der Waals surface area (Å²) < 4.78 is 18.6. The zero-order chi connectivity index (χ0) is 21.1. The molecular weight excluding hydrogens is 414 g/mol. The Morgan fingerprint density at radius 2 is 1.93 bits per heavy atom. The van der Waals surface area contributed by atoms with Crippen LogP contribution in [0.1, 0.15) is 24.0 Å². The molecule has 1 heterocycles. The summed E-state index contributed by atoms with van der Waals surface area (Å²) in [5.41, 5.74) is 2.72. The van der Waals surface area contributed by atoms with Crippen LogP contribution < -0.4 is 0 Å². The molecule has 2 atom stereocenters. The Hall–Kier alpha value is -2.68. The van der Waals surface area contributed by atoms with Crippen molar-refractivity contribution in [3.63, 3.8) is 0 Å². The van der Waals surface area contributed by atoms with Crippen molar-refractivity contribution in [1.29, 1.82) is 5.26 Å². The van der Waals surface area contributed by atoms with Gasteiger partial charge in [-0.3, -0.25) is 9.79 Å². The highest BCUT2D eigenvalue weighted by Crippen LogP contribution is 2.42. The summed E-state index contributed by atoms with van der Waals surface area (Å²) >= 11 is 12.2. The Morgan fingerprint density at radius 1 is 1.24 bits per heavy atom. The van der Waals surface area contributed by atoms with Gasteiger partial charge in [-0.15, -0.1) is 0 Å². The van der Waals surface area contributed by atoms with Crippen molar-refractivity contribution >= 4 is 34.9 Å². The van der Waals surface area contributed by atoms with Gasteiger partial charge in [0.05, 0.1) is 24.4 Å². The molecule has 0 N–H and O–H groups in total. The SMILES string of the molecule is COC(=O)C1C(C)=NC(Cc2ccc(Cl)cc2)=C(C#N)C1c1ccc(F)cc1Cl. The van der Waals surface area contributed by atoms with Gasteiger partial charge in [0, 0.05) is 28.1 Å². The molecule has 2 unspecified atom stereocenters. The van der Waals surface area contributed by atoms with Crippen LogP contribution in [-0.4, -0.2) is 18.8 Å². The van der Waals surface area contributed by atoms with Crippen LogP contribution in [0.2, 0.25) is 10.0 Å². The fraction of sp³-hybridized carbons (Fsp3) is 0.227. The average molecular weight is 431 g/mol. The summed E-state index contributed by atoms with van der Waals surface area (Å²) in [7, 11) is 1.28. The van der Waals surface area contributed by atoms with Crippen LogP contribution >= 0.6 is 23.2 Å². The van der Waals surface area contributed by atoms with E-state index in [0.29, 0.717) is 34.0 Å². The highest BCUT2D eigenvalue weighted by molar-refractivity contribution is 6.31. The predicted octanol–water partition coefficient (Wildman–Crippen LogP) is 5.50. The quantitative estimate of drug-likeness (QED) is 0.601. The molecule has 1 aliphatic rings. The first kappa shape index (κ1) is 21.0. The summed E-state index contributed by atoms with van der Waals surface area (Å²) in [6, 6.07) is 13.3. The van der Waals surface area contributed by atoms with Gasteiger partial charge in [0.2, 0.25) is 0 Å². The molecule has 148 valence electrons. The molecule has 0 bridgehead atoms. The average Bonchev–Trinajstić information content (AvgIpc) is 2.69. The normalized spacial score (nSPS) is 18.8. The number of ether oxygens (including phenoxy) is 1. The van der Waals surface area contributed by atoms with E-state index in [2.05, 4.69) is 11.1 Å². The third kappa shape index (κ3) is 4.34. The van der Waals surface area contributed by atoms with Crippen molar-refractivity contribution in [1.82, 2.24) is 0 Å². The molecule has 0 amide bonds. The maximum atomic E-state index is 13.6. The fourth-order valence-corrected chi connectivity index (χ4v) is 3.93. The summed E-state index contributed by atoms with van der Waals surface area (Å²) in [5, 5.41) is 10.7. The van der Waals surface area contributed by atoms with Crippen LogP contribution in [0.3, 0.4) is 0 Å². The van der Waals surface area contributed by atoms with E-state index >= 15 is 0 Å². The van der Waals surface area contributed by atoms with Crippen molar-refractivity contribution in [2.24, 2.45) is 10.9 Å². The van der Waals surface area contributed by atoms with E-state index in [1.807, 2.05) is 12.1 Å². The predicted molar refractivity (Wildman–Crippen MR) is 111 cm³/mol. The standard InChI is InChI=1S/C22H17Cl2FN2O2/c1-12-20(22(28)29-2)21(16-8-7-15(25)10-18(16)24)17(11-26)19(27-12)9-13-3-5-14(23)6-4-13/h3-8,10,20-21H,9H2,1-2H3. The Bertz CT molecular complexity index is 1060. The topological polar surface area (TPSA) is 62.4 Å². The van der Waals surface area contributed by atoms with Gasteiger partial charge in [0.1, 0.15) is 11.7 Å². The minimum Gasteiger partial charge on any atom is -0.468 e. The first-order chi connectivity index (χ1) is 13.8. The number of carbonyl (C=O) groups excluding carboxylic acids is 1. The highest BCUT2D eigenvalue weighted by atomic mass is 35.5. The zero-order valence-corrected chi connectivity index (χ0v) is 17.3. The largest absolute Gasteiger partial charge is 0.468 e. The second-order valence-corrected chi connectivity index (χ2v) is 7.52. The van der Waals surface area contributed by atoms with Gasteiger partial charge in [-0.2, -0.15) is 5.26 Å². The summed E-state index contributed by atoms with van der Waals surface area (Å²) in [5.74, 6) is -2.58. The minimum absolute atomic E-state index is 0.136. The Morgan fingerprint density at radius 3 is 2.52 bits per heavy atom. The van der Waals surface area contributed by atoms with Gasteiger partial charge in [0.15, 0.2) is 0 Å². The fourth-order valence-electron chi connectivity index (χ4n) is 3.52. The first-order valence-electron chi connectivity index (χ1n) is 8.81. The molecule has 4 nitrogen and oxygen atoms in total. The lowest BCUT2D eigenvalue weighted by Gasteiger charge is -2.30. The summed E-state index contributed by atoms with van der Waals surface area (Å²) in [6.45, 7) is 1.71. The third-order valence-electron chi connectivity index (χ3n) is 4.87. The Balaban J connectivity index is 2.16. The molecular formula is C22H17Cl2FN2O2. The minimum atomic E-state index is -0.827. The van der Waals surface area contributed by atoms with Gasteiger partial charge < -0.3 is 4.74 Å². The van der Waals surface area contributed by atoms with E-state index in [9.17, 15) is 14.4 Å². The second-order valence-electron chi connectivity index (χ2n) is 6.67. The number of hydrogen-bond donors (Lipinski definition) is 0. The lowest BCUT2D eigenvalue weighted by atomic mass is 9.75. The molecule has 0 saturated heterocycles. The number of nitrogens with zero attached hydrogens (tertiary/aromatic N) is 2. The van der Waals surface area contributed by atoms with Crippen molar-refractivity contribution in [2.45, 2.75) is 19.3 Å². The number of rotatable bonds is 4. The smallest absolute Gasteiger partial charge is 0.315 e. The van der Waals surface area contributed by atoms with Gasteiger partial charge in [-0.25, -0.2) is 4.39 Å².